The van der Waals surface area contributed by atoms with Crippen LogP contribution in [-0.4, -0.2) is 45.7 Å². The van der Waals surface area contributed by atoms with Crippen LogP contribution in [0.1, 0.15) is 13.3 Å². The molecule has 1 heterocycles. The molecule has 15 heavy (non-hydrogen) atoms. The summed E-state index contributed by atoms with van der Waals surface area (Å²) in [5.74, 6) is 5.95. The van der Waals surface area contributed by atoms with Crippen molar-refractivity contribution in [2.45, 2.75) is 25.5 Å². The first-order chi connectivity index (χ1) is 7.29. The van der Waals surface area contributed by atoms with E-state index in [0.29, 0.717) is 25.7 Å². The van der Waals surface area contributed by atoms with E-state index in [0.717, 1.165) is 13.0 Å². The van der Waals surface area contributed by atoms with Gasteiger partial charge in [-0.15, -0.1) is 0 Å². The Kier molecular flexibility index (Phi) is 6.12. The Hall–Kier alpha value is -0.200. The number of methoxy groups -OCH3 is 1. The first-order valence-corrected chi connectivity index (χ1v) is 5.44. The van der Waals surface area contributed by atoms with E-state index in [1.807, 2.05) is 0 Å². The second kappa shape index (κ2) is 7.14. The molecule has 1 aliphatic rings. The van der Waals surface area contributed by atoms with Gasteiger partial charge in [0.1, 0.15) is 0 Å². The predicted octanol–water partition coefficient (Wildman–Crippen LogP) is -0.0937. The Balaban J connectivity index is 2.37. The molecule has 0 bridgehead atoms. The molecule has 1 aliphatic heterocycles. The third-order valence-electron chi connectivity index (χ3n) is 2.83. The van der Waals surface area contributed by atoms with E-state index in [1.165, 1.54) is 0 Å². The van der Waals surface area contributed by atoms with Gasteiger partial charge in [0.25, 0.3) is 0 Å². The lowest BCUT2D eigenvalue weighted by molar-refractivity contribution is -0.109. The van der Waals surface area contributed by atoms with Gasteiger partial charge in [0.15, 0.2) is 0 Å². The summed E-state index contributed by atoms with van der Waals surface area (Å²) in [5.41, 5.74) is 2.82. The molecule has 1 fully saturated rings. The van der Waals surface area contributed by atoms with Gasteiger partial charge in [0.05, 0.1) is 32.0 Å². The molecule has 0 aromatic heterocycles. The van der Waals surface area contributed by atoms with Crippen molar-refractivity contribution in [2.24, 2.45) is 11.8 Å². The highest BCUT2D eigenvalue weighted by atomic mass is 16.6. The molecule has 0 aromatic carbocycles. The molecular formula is C10H22N2O3. The van der Waals surface area contributed by atoms with E-state index < -0.39 is 0 Å². The summed E-state index contributed by atoms with van der Waals surface area (Å²) in [7, 11) is 1.71. The minimum Gasteiger partial charge on any atom is -0.385 e. The van der Waals surface area contributed by atoms with Crippen molar-refractivity contribution in [1.82, 2.24) is 5.43 Å². The first kappa shape index (κ1) is 12.9. The van der Waals surface area contributed by atoms with E-state index in [4.69, 9.17) is 20.1 Å². The van der Waals surface area contributed by atoms with Crippen LogP contribution in [-0.2, 0) is 14.2 Å². The van der Waals surface area contributed by atoms with E-state index >= 15 is 0 Å². The normalized spacial score (nSPS) is 26.2. The van der Waals surface area contributed by atoms with E-state index in [-0.39, 0.29) is 12.1 Å². The summed E-state index contributed by atoms with van der Waals surface area (Å²) in [6.07, 6.45) is 1.02. The minimum atomic E-state index is 0.0515. The van der Waals surface area contributed by atoms with E-state index in [2.05, 4.69) is 12.3 Å². The van der Waals surface area contributed by atoms with Gasteiger partial charge in [-0.1, -0.05) is 6.92 Å². The lowest BCUT2D eigenvalue weighted by Crippen LogP contribution is -2.52. The molecule has 3 N–H and O–H groups in total. The number of ether oxygens (including phenoxy) is 3. The summed E-state index contributed by atoms with van der Waals surface area (Å²) in [6, 6.07) is 0.125. The molecule has 3 unspecified atom stereocenters. The number of nitrogens with one attached hydrogen (secondary N) is 1. The van der Waals surface area contributed by atoms with Crippen molar-refractivity contribution in [3.05, 3.63) is 0 Å². The maximum absolute atomic E-state index is 5.62. The molecule has 0 spiro atoms. The number of hydrazine groups is 1. The average Bonchev–Trinajstić information content (AvgIpc) is 2.29. The monoisotopic (exact) mass is 218 g/mol. The van der Waals surface area contributed by atoms with Crippen LogP contribution in [0.3, 0.4) is 0 Å². The smallest absolute Gasteiger partial charge is 0.0978 e. The zero-order valence-electron chi connectivity index (χ0n) is 9.57. The van der Waals surface area contributed by atoms with Crippen LogP contribution in [0.4, 0.5) is 0 Å². The van der Waals surface area contributed by atoms with Crippen LogP contribution in [0.5, 0.6) is 0 Å². The molecule has 5 nitrogen and oxygen atoms in total. The quantitative estimate of drug-likeness (QED) is 0.481. The van der Waals surface area contributed by atoms with Crippen molar-refractivity contribution in [3.63, 3.8) is 0 Å². The summed E-state index contributed by atoms with van der Waals surface area (Å²) in [5, 5.41) is 0. The predicted molar refractivity (Wildman–Crippen MR) is 57.3 cm³/mol. The molecule has 1 saturated heterocycles. The zero-order chi connectivity index (χ0) is 11.1. The highest BCUT2D eigenvalue weighted by Crippen LogP contribution is 2.16. The van der Waals surface area contributed by atoms with Crippen molar-refractivity contribution in [1.29, 1.82) is 0 Å². The molecule has 3 atom stereocenters. The van der Waals surface area contributed by atoms with Gasteiger partial charge in [0, 0.05) is 13.7 Å². The number of rotatable bonds is 6. The minimum absolute atomic E-state index is 0.0515. The van der Waals surface area contributed by atoms with Gasteiger partial charge in [-0.05, 0) is 12.3 Å². The molecule has 0 saturated carbocycles. The molecular weight excluding hydrogens is 196 g/mol. The van der Waals surface area contributed by atoms with Crippen LogP contribution in [0.2, 0.25) is 0 Å². The van der Waals surface area contributed by atoms with Crippen LogP contribution in [0, 0.1) is 5.92 Å². The fraction of sp³-hybridized carbons (Fsp3) is 1.00. The van der Waals surface area contributed by atoms with Crippen molar-refractivity contribution in [3.8, 4) is 0 Å². The van der Waals surface area contributed by atoms with E-state index in [9.17, 15) is 0 Å². The largest absolute Gasteiger partial charge is 0.385 e. The Morgan fingerprint density at radius 1 is 1.53 bits per heavy atom. The van der Waals surface area contributed by atoms with Gasteiger partial charge in [-0.3, -0.25) is 11.3 Å². The molecule has 0 amide bonds. The maximum atomic E-state index is 5.62. The van der Waals surface area contributed by atoms with Gasteiger partial charge < -0.3 is 14.2 Å². The van der Waals surface area contributed by atoms with Gasteiger partial charge in [-0.25, -0.2) is 0 Å². The summed E-state index contributed by atoms with van der Waals surface area (Å²) < 4.78 is 16.0. The SMILES string of the molecule is COCCC(C)C(NN)C1COCCO1. The second-order valence-electron chi connectivity index (χ2n) is 3.94. The molecule has 5 heteroatoms. The van der Waals surface area contributed by atoms with Crippen LogP contribution in [0.15, 0.2) is 0 Å². The highest BCUT2D eigenvalue weighted by Gasteiger charge is 2.28. The topological polar surface area (TPSA) is 65.7 Å². The third kappa shape index (κ3) is 4.04. The maximum Gasteiger partial charge on any atom is 0.0978 e. The highest BCUT2D eigenvalue weighted by molar-refractivity contribution is 4.81. The van der Waals surface area contributed by atoms with Crippen LogP contribution < -0.4 is 11.3 Å². The summed E-state index contributed by atoms with van der Waals surface area (Å²) in [6.45, 7) is 4.83. The van der Waals surface area contributed by atoms with Crippen LogP contribution >= 0.6 is 0 Å². The Morgan fingerprint density at radius 3 is 2.87 bits per heavy atom. The van der Waals surface area contributed by atoms with Crippen molar-refractivity contribution < 1.29 is 14.2 Å². The zero-order valence-corrected chi connectivity index (χ0v) is 9.57. The fourth-order valence-corrected chi connectivity index (χ4v) is 1.83. The van der Waals surface area contributed by atoms with E-state index in [1.54, 1.807) is 7.11 Å². The number of hydrogen-bond acceptors (Lipinski definition) is 5. The third-order valence-corrected chi connectivity index (χ3v) is 2.83. The Bertz CT molecular complexity index is 163. The lowest BCUT2D eigenvalue weighted by Gasteiger charge is -2.33. The lowest BCUT2D eigenvalue weighted by atomic mass is 9.94. The van der Waals surface area contributed by atoms with Crippen molar-refractivity contribution >= 4 is 0 Å². The molecule has 0 aromatic rings. The molecule has 0 radical (unpaired) electrons. The second-order valence-corrected chi connectivity index (χ2v) is 3.94. The Morgan fingerprint density at radius 2 is 2.33 bits per heavy atom. The standard InChI is InChI=1S/C10H22N2O3/c1-8(3-4-13-2)10(12-11)9-7-14-5-6-15-9/h8-10,12H,3-7,11H2,1-2H3. The first-order valence-electron chi connectivity index (χ1n) is 5.44. The van der Waals surface area contributed by atoms with Crippen molar-refractivity contribution in [2.75, 3.05) is 33.5 Å². The average molecular weight is 218 g/mol. The Labute approximate surface area is 91.2 Å². The van der Waals surface area contributed by atoms with Crippen LogP contribution in [0.25, 0.3) is 0 Å². The molecule has 1 rings (SSSR count). The molecule has 90 valence electrons. The number of hydrogen-bond donors (Lipinski definition) is 2. The molecule has 0 aliphatic carbocycles. The summed E-state index contributed by atoms with van der Waals surface area (Å²) >= 11 is 0. The van der Waals surface area contributed by atoms with Gasteiger partial charge in [0.2, 0.25) is 0 Å². The summed E-state index contributed by atoms with van der Waals surface area (Å²) in [4.78, 5) is 0. The fourth-order valence-electron chi connectivity index (χ4n) is 1.83. The van der Waals surface area contributed by atoms with Gasteiger partial charge in [-0.2, -0.15) is 0 Å². The van der Waals surface area contributed by atoms with Gasteiger partial charge >= 0.3 is 0 Å². The number of nitrogens with two attached hydrogens (primary N) is 1.